The number of halogens is 2. The minimum absolute atomic E-state index is 0.104. The Hall–Kier alpha value is -2.16. The molecule has 1 aromatic rings. The molecular formula is C10H8F2N2O2. The van der Waals surface area contributed by atoms with Crippen molar-refractivity contribution >= 4 is 11.6 Å². The number of ether oxygens (including phenoxy) is 1. The highest BCUT2D eigenvalue weighted by molar-refractivity contribution is 5.94. The van der Waals surface area contributed by atoms with Crippen molar-refractivity contribution in [3.05, 3.63) is 23.8 Å². The van der Waals surface area contributed by atoms with E-state index in [1.54, 1.807) is 0 Å². The normalized spacial score (nSPS) is 9.69. The molecule has 0 aromatic heterocycles. The van der Waals surface area contributed by atoms with Crippen molar-refractivity contribution in [3.8, 4) is 11.8 Å². The molecule has 1 aromatic carbocycles. The summed E-state index contributed by atoms with van der Waals surface area (Å²) in [5, 5.41) is 10.6. The van der Waals surface area contributed by atoms with Gasteiger partial charge in [0.1, 0.15) is 5.75 Å². The largest absolute Gasteiger partial charge is 0.495 e. The average Bonchev–Trinajstić information content (AvgIpc) is 2.29. The molecule has 0 unspecified atom stereocenters. The number of carbonyl (C=O) groups is 1. The van der Waals surface area contributed by atoms with Crippen molar-refractivity contribution < 1.29 is 18.3 Å². The number of rotatable bonds is 3. The van der Waals surface area contributed by atoms with Gasteiger partial charge in [-0.25, -0.2) is 0 Å². The molecule has 0 aliphatic carbocycles. The summed E-state index contributed by atoms with van der Waals surface area (Å²) in [6.07, 6.45) is -3.10. The van der Waals surface area contributed by atoms with E-state index in [2.05, 4.69) is 0 Å². The molecule has 16 heavy (non-hydrogen) atoms. The predicted molar refractivity (Wildman–Crippen MR) is 52.3 cm³/mol. The maximum atomic E-state index is 12.0. The third-order valence-corrected chi connectivity index (χ3v) is 1.79. The first-order chi connectivity index (χ1) is 7.58. The van der Waals surface area contributed by atoms with Crippen LogP contribution in [0.1, 0.15) is 5.56 Å². The van der Waals surface area contributed by atoms with Crippen LogP contribution in [0.15, 0.2) is 18.2 Å². The zero-order chi connectivity index (χ0) is 12.1. The second-order valence-electron chi connectivity index (χ2n) is 2.82. The first-order valence-corrected chi connectivity index (χ1v) is 4.25. The van der Waals surface area contributed by atoms with Gasteiger partial charge < -0.3 is 10.1 Å². The van der Waals surface area contributed by atoms with Crippen molar-refractivity contribution in [2.24, 2.45) is 0 Å². The van der Waals surface area contributed by atoms with Crippen LogP contribution in [0.25, 0.3) is 0 Å². The number of hydrogen-bond acceptors (Lipinski definition) is 3. The fourth-order valence-corrected chi connectivity index (χ4v) is 1.05. The van der Waals surface area contributed by atoms with E-state index in [-0.39, 0.29) is 11.4 Å². The van der Waals surface area contributed by atoms with Crippen LogP contribution in [0.2, 0.25) is 0 Å². The van der Waals surface area contributed by atoms with Crippen molar-refractivity contribution in [1.29, 1.82) is 5.26 Å². The molecule has 6 heteroatoms. The smallest absolute Gasteiger partial charge is 0.315 e. The standard InChI is InChI=1S/C10H8F2N2O2/c1-16-8-4-6(5-13)2-3-7(8)14-10(15)9(11)12/h2-4,9H,1H3,(H,14,15). The molecule has 0 saturated carbocycles. The van der Waals surface area contributed by atoms with Gasteiger partial charge in [0, 0.05) is 6.07 Å². The first-order valence-electron chi connectivity index (χ1n) is 4.25. The Morgan fingerprint density at radius 3 is 2.75 bits per heavy atom. The zero-order valence-corrected chi connectivity index (χ0v) is 8.33. The predicted octanol–water partition coefficient (Wildman–Crippen LogP) is 1.77. The number of alkyl halides is 2. The topological polar surface area (TPSA) is 62.1 Å². The highest BCUT2D eigenvalue weighted by Crippen LogP contribution is 2.25. The molecule has 0 fully saturated rings. The number of nitrogens with zero attached hydrogens (tertiary/aromatic N) is 1. The number of hydrogen-bond donors (Lipinski definition) is 1. The van der Waals surface area contributed by atoms with Crippen molar-refractivity contribution in [1.82, 2.24) is 0 Å². The lowest BCUT2D eigenvalue weighted by Crippen LogP contribution is -2.20. The Bertz CT molecular complexity index is 441. The minimum atomic E-state index is -3.10. The van der Waals surface area contributed by atoms with Crippen LogP contribution in [0.3, 0.4) is 0 Å². The number of carbonyl (C=O) groups excluding carboxylic acids is 1. The SMILES string of the molecule is COc1cc(C#N)ccc1NC(=O)C(F)F. The van der Waals surface area contributed by atoms with Gasteiger partial charge in [0.25, 0.3) is 5.91 Å². The summed E-state index contributed by atoms with van der Waals surface area (Å²) < 4.78 is 28.8. The Morgan fingerprint density at radius 1 is 1.56 bits per heavy atom. The van der Waals surface area contributed by atoms with Crippen LogP contribution in [-0.2, 0) is 4.79 Å². The minimum Gasteiger partial charge on any atom is -0.495 e. The van der Waals surface area contributed by atoms with Crippen molar-refractivity contribution in [3.63, 3.8) is 0 Å². The Labute approximate surface area is 90.4 Å². The third kappa shape index (κ3) is 2.67. The monoisotopic (exact) mass is 226 g/mol. The van der Waals surface area contributed by atoms with Gasteiger partial charge >= 0.3 is 6.43 Å². The van der Waals surface area contributed by atoms with Gasteiger partial charge in [0.2, 0.25) is 0 Å². The van der Waals surface area contributed by atoms with E-state index < -0.39 is 12.3 Å². The molecule has 1 N–H and O–H groups in total. The van der Waals surface area contributed by atoms with Gasteiger partial charge in [0.15, 0.2) is 0 Å². The fourth-order valence-electron chi connectivity index (χ4n) is 1.05. The summed E-state index contributed by atoms with van der Waals surface area (Å²) in [5.74, 6) is -1.25. The first kappa shape index (κ1) is 11.9. The number of benzene rings is 1. The summed E-state index contributed by atoms with van der Waals surface area (Å²) >= 11 is 0. The fraction of sp³-hybridized carbons (Fsp3) is 0.200. The second-order valence-corrected chi connectivity index (χ2v) is 2.82. The Balaban J connectivity index is 2.97. The molecule has 1 amide bonds. The molecule has 0 bridgehead atoms. The Morgan fingerprint density at radius 2 is 2.25 bits per heavy atom. The third-order valence-electron chi connectivity index (χ3n) is 1.79. The summed E-state index contributed by atoms with van der Waals surface area (Å²) in [7, 11) is 1.31. The Kier molecular flexibility index (Phi) is 3.78. The summed E-state index contributed by atoms with van der Waals surface area (Å²) in [6, 6.07) is 5.94. The molecule has 0 aliphatic rings. The van der Waals surface area contributed by atoms with Crippen LogP contribution < -0.4 is 10.1 Å². The van der Waals surface area contributed by atoms with Gasteiger partial charge in [-0.2, -0.15) is 14.0 Å². The quantitative estimate of drug-likeness (QED) is 0.854. The van der Waals surface area contributed by atoms with Crippen LogP contribution in [-0.4, -0.2) is 19.4 Å². The average molecular weight is 226 g/mol. The van der Waals surface area contributed by atoms with Gasteiger partial charge in [-0.3, -0.25) is 4.79 Å². The molecule has 1 rings (SSSR count). The summed E-state index contributed by atoms with van der Waals surface area (Å²) in [4.78, 5) is 10.8. The van der Waals surface area contributed by atoms with E-state index in [0.29, 0.717) is 5.56 Å². The van der Waals surface area contributed by atoms with Crippen LogP contribution >= 0.6 is 0 Å². The zero-order valence-electron chi connectivity index (χ0n) is 8.33. The van der Waals surface area contributed by atoms with Crippen LogP contribution in [0.4, 0.5) is 14.5 Å². The van der Waals surface area contributed by atoms with E-state index in [4.69, 9.17) is 10.00 Å². The van der Waals surface area contributed by atoms with E-state index in [1.165, 1.54) is 25.3 Å². The van der Waals surface area contributed by atoms with Crippen molar-refractivity contribution in [2.75, 3.05) is 12.4 Å². The molecular weight excluding hydrogens is 218 g/mol. The number of anilines is 1. The highest BCUT2D eigenvalue weighted by atomic mass is 19.3. The highest BCUT2D eigenvalue weighted by Gasteiger charge is 2.17. The number of nitriles is 1. The van der Waals surface area contributed by atoms with E-state index in [0.717, 1.165) is 0 Å². The lowest BCUT2D eigenvalue weighted by Gasteiger charge is -2.09. The van der Waals surface area contributed by atoms with E-state index in [1.807, 2.05) is 11.4 Å². The van der Waals surface area contributed by atoms with Gasteiger partial charge in [-0.15, -0.1) is 0 Å². The maximum absolute atomic E-state index is 12.0. The number of nitrogens with one attached hydrogen (secondary N) is 1. The molecule has 4 nitrogen and oxygen atoms in total. The van der Waals surface area contributed by atoms with Gasteiger partial charge in [-0.05, 0) is 12.1 Å². The maximum Gasteiger partial charge on any atom is 0.315 e. The van der Waals surface area contributed by atoms with Crippen LogP contribution in [0, 0.1) is 11.3 Å². The van der Waals surface area contributed by atoms with Gasteiger partial charge in [-0.1, -0.05) is 0 Å². The van der Waals surface area contributed by atoms with Crippen LogP contribution in [0.5, 0.6) is 5.75 Å². The van der Waals surface area contributed by atoms with Crippen molar-refractivity contribution in [2.45, 2.75) is 6.43 Å². The molecule has 0 heterocycles. The summed E-state index contributed by atoms with van der Waals surface area (Å²) in [5.41, 5.74) is 0.415. The lowest BCUT2D eigenvalue weighted by molar-refractivity contribution is -0.126. The number of methoxy groups -OCH3 is 1. The molecule has 0 aliphatic heterocycles. The molecule has 84 valence electrons. The molecule has 0 saturated heterocycles. The van der Waals surface area contributed by atoms with E-state index >= 15 is 0 Å². The second kappa shape index (κ2) is 5.07. The number of amides is 1. The summed E-state index contributed by atoms with van der Waals surface area (Å²) in [6.45, 7) is 0. The molecule has 0 spiro atoms. The lowest BCUT2D eigenvalue weighted by atomic mass is 10.2. The van der Waals surface area contributed by atoms with Gasteiger partial charge in [0.05, 0.1) is 24.4 Å². The molecule has 0 radical (unpaired) electrons. The van der Waals surface area contributed by atoms with E-state index in [9.17, 15) is 13.6 Å². The molecule has 0 atom stereocenters.